The van der Waals surface area contributed by atoms with Crippen LogP contribution >= 0.6 is 0 Å². The Hall–Kier alpha value is -0.0800. The molecule has 0 aromatic heterocycles. The Bertz CT molecular complexity index is 74.3. The molecule has 2 nitrogen and oxygen atoms in total. The van der Waals surface area contributed by atoms with Crippen molar-refractivity contribution in [2.45, 2.75) is 45.6 Å². The minimum absolute atomic E-state index is 0.449. The summed E-state index contributed by atoms with van der Waals surface area (Å²) in [5, 5.41) is 3.22. The van der Waals surface area contributed by atoms with Crippen LogP contribution in [0.1, 0.15) is 39.5 Å². The van der Waals surface area contributed by atoms with Gasteiger partial charge in [-0.2, -0.15) is 0 Å². The molecule has 1 saturated heterocycles. The first-order valence-electron chi connectivity index (χ1n) is 5.04. The highest BCUT2D eigenvalue weighted by Gasteiger charge is 1.93. The molecule has 1 aliphatic rings. The van der Waals surface area contributed by atoms with Gasteiger partial charge in [0.15, 0.2) is 0 Å². The number of hydrogen-bond acceptors (Lipinski definition) is 2. The van der Waals surface area contributed by atoms with E-state index in [-0.39, 0.29) is 0 Å². The van der Waals surface area contributed by atoms with Gasteiger partial charge >= 0.3 is 0 Å². The van der Waals surface area contributed by atoms with Crippen LogP contribution in [-0.4, -0.2) is 26.3 Å². The van der Waals surface area contributed by atoms with E-state index < -0.39 is 0 Å². The van der Waals surface area contributed by atoms with E-state index in [9.17, 15) is 0 Å². The van der Waals surface area contributed by atoms with E-state index in [4.69, 9.17) is 4.74 Å². The van der Waals surface area contributed by atoms with Gasteiger partial charge in [-0.05, 0) is 39.3 Å². The predicted octanol–water partition coefficient (Wildman–Crippen LogP) is 2.19. The van der Waals surface area contributed by atoms with Crippen LogP contribution in [0.3, 0.4) is 0 Å². The highest BCUT2D eigenvalue weighted by Crippen LogP contribution is 1.96. The van der Waals surface area contributed by atoms with Crippen LogP contribution < -0.4 is 5.32 Å². The first-order chi connectivity index (χ1) is 5.81. The van der Waals surface area contributed by atoms with Crippen molar-refractivity contribution in [1.29, 1.82) is 0 Å². The second kappa shape index (κ2) is 9.01. The molecule has 0 amide bonds. The normalized spacial score (nSPS) is 18.2. The minimum Gasteiger partial charge on any atom is -0.382 e. The molecule has 12 heavy (non-hydrogen) atoms. The summed E-state index contributed by atoms with van der Waals surface area (Å²) >= 11 is 0. The SMILES string of the molecule is C1CCNC1.CCCC(C)OC. The molecule has 74 valence electrons. The molecule has 1 fully saturated rings. The number of ether oxygens (including phenoxy) is 1. The first-order valence-corrected chi connectivity index (χ1v) is 5.04. The Morgan fingerprint density at radius 3 is 2.08 bits per heavy atom. The second-order valence-corrected chi connectivity index (χ2v) is 3.29. The number of methoxy groups -OCH3 is 1. The molecule has 1 atom stereocenters. The van der Waals surface area contributed by atoms with Gasteiger partial charge in [-0.1, -0.05) is 13.3 Å². The average Bonchev–Trinajstić information content (AvgIpc) is 2.62. The zero-order valence-electron chi connectivity index (χ0n) is 8.73. The summed E-state index contributed by atoms with van der Waals surface area (Å²) in [6, 6.07) is 0. The molecular weight excluding hydrogens is 150 g/mol. The standard InChI is InChI=1S/C6H14O.C4H9N/c1-4-5-6(2)7-3;1-2-4-5-3-1/h6H,4-5H2,1-3H3;5H,1-4H2. The number of rotatable bonds is 3. The third-order valence-electron chi connectivity index (χ3n) is 2.05. The molecule has 1 unspecified atom stereocenters. The molecule has 0 radical (unpaired) electrons. The lowest BCUT2D eigenvalue weighted by molar-refractivity contribution is 0.110. The van der Waals surface area contributed by atoms with Gasteiger partial charge in [0.2, 0.25) is 0 Å². The third kappa shape index (κ3) is 8.02. The van der Waals surface area contributed by atoms with E-state index in [0.29, 0.717) is 6.10 Å². The largest absolute Gasteiger partial charge is 0.382 e. The maximum absolute atomic E-state index is 4.99. The van der Waals surface area contributed by atoms with E-state index in [1.54, 1.807) is 7.11 Å². The first kappa shape index (κ1) is 11.9. The van der Waals surface area contributed by atoms with Crippen LogP contribution in [0.4, 0.5) is 0 Å². The molecule has 0 aromatic carbocycles. The number of hydrogen-bond donors (Lipinski definition) is 1. The van der Waals surface area contributed by atoms with E-state index in [2.05, 4.69) is 19.2 Å². The zero-order chi connectivity index (χ0) is 9.23. The van der Waals surface area contributed by atoms with Gasteiger partial charge in [0.1, 0.15) is 0 Å². The predicted molar refractivity (Wildman–Crippen MR) is 53.5 cm³/mol. The van der Waals surface area contributed by atoms with Crippen LogP contribution in [-0.2, 0) is 4.74 Å². The molecule has 0 saturated carbocycles. The summed E-state index contributed by atoms with van der Waals surface area (Å²) in [6.45, 7) is 6.75. The highest BCUT2D eigenvalue weighted by atomic mass is 16.5. The van der Waals surface area contributed by atoms with Crippen LogP contribution in [0.2, 0.25) is 0 Å². The Labute approximate surface area is 76.7 Å². The Balaban J connectivity index is 0.000000211. The third-order valence-corrected chi connectivity index (χ3v) is 2.05. The fourth-order valence-corrected chi connectivity index (χ4v) is 1.15. The summed E-state index contributed by atoms with van der Waals surface area (Å²) < 4.78 is 4.99. The van der Waals surface area contributed by atoms with Crippen LogP contribution in [0.15, 0.2) is 0 Å². The molecule has 2 heteroatoms. The summed E-state index contributed by atoms with van der Waals surface area (Å²) in [6.07, 6.45) is 5.62. The Morgan fingerprint density at radius 1 is 1.33 bits per heavy atom. The van der Waals surface area contributed by atoms with Gasteiger partial charge in [-0.25, -0.2) is 0 Å². The average molecular weight is 173 g/mol. The summed E-state index contributed by atoms with van der Waals surface area (Å²) in [4.78, 5) is 0. The van der Waals surface area contributed by atoms with E-state index in [1.165, 1.54) is 38.8 Å². The topological polar surface area (TPSA) is 21.3 Å². The van der Waals surface area contributed by atoms with Crippen molar-refractivity contribution >= 4 is 0 Å². The van der Waals surface area contributed by atoms with Gasteiger partial charge in [-0.15, -0.1) is 0 Å². The molecule has 1 N–H and O–H groups in total. The highest BCUT2D eigenvalue weighted by molar-refractivity contribution is 4.55. The van der Waals surface area contributed by atoms with Gasteiger partial charge in [0.05, 0.1) is 6.10 Å². The van der Waals surface area contributed by atoms with Gasteiger partial charge in [0, 0.05) is 7.11 Å². The maximum Gasteiger partial charge on any atom is 0.0543 e. The van der Waals surface area contributed by atoms with Crippen LogP contribution in [0.25, 0.3) is 0 Å². The summed E-state index contributed by atoms with van der Waals surface area (Å²) in [5.41, 5.74) is 0. The van der Waals surface area contributed by atoms with Crippen LogP contribution in [0, 0.1) is 0 Å². The molecule has 1 aliphatic heterocycles. The fourth-order valence-electron chi connectivity index (χ4n) is 1.15. The van der Waals surface area contributed by atoms with Gasteiger partial charge in [-0.3, -0.25) is 0 Å². The van der Waals surface area contributed by atoms with Crippen molar-refractivity contribution in [3.8, 4) is 0 Å². The minimum atomic E-state index is 0.449. The number of nitrogens with one attached hydrogen (secondary N) is 1. The van der Waals surface area contributed by atoms with Crippen molar-refractivity contribution in [1.82, 2.24) is 5.32 Å². The molecule has 1 rings (SSSR count). The lowest BCUT2D eigenvalue weighted by Crippen LogP contribution is -2.03. The molecule has 0 aromatic rings. The molecular formula is C10H23NO. The lowest BCUT2D eigenvalue weighted by Gasteiger charge is -2.04. The second-order valence-electron chi connectivity index (χ2n) is 3.29. The van der Waals surface area contributed by atoms with Crippen molar-refractivity contribution in [3.63, 3.8) is 0 Å². The molecule has 0 bridgehead atoms. The van der Waals surface area contributed by atoms with Crippen molar-refractivity contribution < 1.29 is 4.74 Å². The summed E-state index contributed by atoms with van der Waals surface area (Å²) in [7, 11) is 1.75. The smallest absolute Gasteiger partial charge is 0.0543 e. The van der Waals surface area contributed by atoms with E-state index in [0.717, 1.165) is 0 Å². The zero-order valence-corrected chi connectivity index (χ0v) is 8.73. The maximum atomic E-state index is 4.99. The van der Waals surface area contributed by atoms with Crippen LogP contribution in [0.5, 0.6) is 0 Å². The Kier molecular flexibility index (Phi) is 8.95. The van der Waals surface area contributed by atoms with Gasteiger partial charge < -0.3 is 10.1 Å². The van der Waals surface area contributed by atoms with E-state index >= 15 is 0 Å². The molecule has 0 spiro atoms. The van der Waals surface area contributed by atoms with Gasteiger partial charge in [0.25, 0.3) is 0 Å². The van der Waals surface area contributed by atoms with Crippen molar-refractivity contribution in [3.05, 3.63) is 0 Å². The fraction of sp³-hybridized carbons (Fsp3) is 1.00. The van der Waals surface area contributed by atoms with Crippen molar-refractivity contribution in [2.24, 2.45) is 0 Å². The molecule has 0 aliphatic carbocycles. The van der Waals surface area contributed by atoms with E-state index in [1.807, 2.05) is 0 Å². The summed E-state index contributed by atoms with van der Waals surface area (Å²) in [5.74, 6) is 0. The lowest BCUT2D eigenvalue weighted by atomic mass is 10.2. The monoisotopic (exact) mass is 173 g/mol. The molecule has 1 heterocycles. The Morgan fingerprint density at radius 2 is 1.92 bits per heavy atom. The quantitative estimate of drug-likeness (QED) is 0.706. The van der Waals surface area contributed by atoms with Crippen molar-refractivity contribution in [2.75, 3.05) is 20.2 Å².